The maximum atomic E-state index is 13.4. The minimum Gasteiger partial charge on any atom is -0.478 e. The first-order chi connectivity index (χ1) is 15.8. The van der Waals surface area contributed by atoms with Crippen molar-refractivity contribution in [2.75, 3.05) is 11.9 Å². The number of aromatic nitrogens is 1. The smallest absolute Gasteiger partial charge is 0.338 e. The zero-order valence-corrected chi connectivity index (χ0v) is 19.9. The molecule has 1 aromatic carbocycles. The van der Waals surface area contributed by atoms with Crippen LogP contribution in [0.25, 0.3) is 6.20 Å². The lowest BCUT2D eigenvalue weighted by molar-refractivity contribution is -0.139. The summed E-state index contributed by atoms with van der Waals surface area (Å²) in [6.07, 6.45) is 1.49. The number of benzene rings is 1. The molecule has 0 bridgehead atoms. The van der Waals surface area contributed by atoms with Crippen molar-refractivity contribution >= 4 is 58.1 Å². The van der Waals surface area contributed by atoms with Crippen LogP contribution in [0.1, 0.15) is 35.1 Å². The number of carbonyl (C=O) groups is 2. The van der Waals surface area contributed by atoms with E-state index < -0.39 is 18.0 Å². The summed E-state index contributed by atoms with van der Waals surface area (Å²) >= 11 is 8.52. The highest BCUT2D eigenvalue weighted by Gasteiger charge is 2.33. The van der Waals surface area contributed by atoms with Gasteiger partial charge in [0.15, 0.2) is 4.80 Å². The van der Waals surface area contributed by atoms with E-state index in [0.29, 0.717) is 26.3 Å². The third-order valence-corrected chi connectivity index (χ3v) is 7.13. The fraction of sp³-hybridized carbons (Fsp3) is 0.182. The fourth-order valence-corrected chi connectivity index (χ4v) is 5.43. The van der Waals surface area contributed by atoms with Crippen LogP contribution in [0.15, 0.2) is 56.8 Å². The summed E-state index contributed by atoms with van der Waals surface area (Å²) in [7, 11) is 0. The molecular formula is C22H18ClN3O5S2. The Kier molecular flexibility index (Phi) is 6.50. The SMILES string of the molecule is CCOC(=O)C1=C(C)N=c2s/c(=C\Nc3ccc(Cl)c(C(=O)O)c3)c(=O)n2[C@@H]1c1cccs1. The minimum absolute atomic E-state index is 0.0519. The molecule has 0 spiro atoms. The molecule has 33 heavy (non-hydrogen) atoms. The van der Waals surface area contributed by atoms with Gasteiger partial charge in [0, 0.05) is 16.8 Å². The topological polar surface area (TPSA) is 110 Å². The average Bonchev–Trinajstić information content (AvgIpc) is 3.40. The number of carboxylic acid groups (broad SMARTS) is 1. The molecule has 1 atom stereocenters. The Bertz CT molecular complexity index is 1450. The molecule has 2 aromatic heterocycles. The van der Waals surface area contributed by atoms with Crippen molar-refractivity contribution in [1.29, 1.82) is 0 Å². The van der Waals surface area contributed by atoms with Crippen molar-refractivity contribution < 1.29 is 19.4 Å². The van der Waals surface area contributed by atoms with E-state index in [-0.39, 0.29) is 22.8 Å². The van der Waals surface area contributed by atoms with Gasteiger partial charge in [-0.1, -0.05) is 29.0 Å². The first-order valence-corrected chi connectivity index (χ1v) is 11.9. The summed E-state index contributed by atoms with van der Waals surface area (Å²) in [5.74, 6) is -1.66. The number of hydrogen-bond donors (Lipinski definition) is 2. The number of thiazole rings is 1. The molecule has 0 amide bonds. The normalized spacial score (nSPS) is 15.7. The van der Waals surface area contributed by atoms with E-state index in [9.17, 15) is 19.5 Å². The summed E-state index contributed by atoms with van der Waals surface area (Å²) in [6.45, 7) is 3.66. The molecule has 0 radical (unpaired) electrons. The van der Waals surface area contributed by atoms with Gasteiger partial charge in [0.2, 0.25) is 0 Å². The van der Waals surface area contributed by atoms with Crippen LogP contribution in [0.5, 0.6) is 0 Å². The monoisotopic (exact) mass is 503 g/mol. The molecule has 11 heteroatoms. The maximum absolute atomic E-state index is 13.4. The predicted molar refractivity (Wildman–Crippen MR) is 128 cm³/mol. The Morgan fingerprint density at radius 1 is 1.36 bits per heavy atom. The summed E-state index contributed by atoms with van der Waals surface area (Å²) in [4.78, 5) is 43.2. The molecule has 3 aromatic rings. The summed E-state index contributed by atoms with van der Waals surface area (Å²) < 4.78 is 7.09. The van der Waals surface area contributed by atoms with E-state index in [1.165, 1.54) is 45.6 Å². The molecule has 4 rings (SSSR count). The van der Waals surface area contributed by atoms with E-state index >= 15 is 0 Å². The number of thiophene rings is 1. The second-order valence-electron chi connectivity index (χ2n) is 6.96. The second kappa shape index (κ2) is 9.34. The first-order valence-electron chi connectivity index (χ1n) is 9.82. The Labute approximate surface area is 200 Å². The van der Waals surface area contributed by atoms with Crippen LogP contribution >= 0.6 is 34.3 Å². The number of esters is 1. The van der Waals surface area contributed by atoms with Crippen molar-refractivity contribution in [2.45, 2.75) is 19.9 Å². The van der Waals surface area contributed by atoms with E-state index in [1.807, 2.05) is 17.5 Å². The lowest BCUT2D eigenvalue weighted by Gasteiger charge is -2.23. The third-order valence-electron chi connectivity index (χ3n) is 4.90. The molecule has 8 nitrogen and oxygen atoms in total. The number of aromatic carboxylic acids is 1. The second-order valence-corrected chi connectivity index (χ2v) is 9.36. The zero-order chi connectivity index (χ0) is 23.7. The highest BCUT2D eigenvalue weighted by molar-refractivity contribution is 7.10. The van der Waals surface area contributed by atoms with Gasteiger partial charge in [0.25, 0.3) is 5.56 Å². The van der Waals surface area contributed by atoms with Crippen LogP contribution in [0.2, 0.25) is 5.02 Å². The number of nitrogens with one attached hydrogen (secondary N) is 1. The standard InChI is InChI=1S/C22H18ClN3O5S2/c1-3-31-21(30)17-11(2)25-22-26(18(17)15-5-4-8-32-15)19(27)16(33-22)10-24-12-6-7-14(23)13(9-12)20(28)29/h4-10,18,24H,3H2,1-2H3,(H,28,29)/b16-10-/t18-/m1/s1. The number of carbonyl (C=O) groups excluding carboxylic acids is 1. The van der Waals surface area contributed by atoms with Crippen LogP contribution in [-0.2, 0) is 9.53 Å². The number of allylic oxidation sites excluding steroid dienone is 1. The third kappa shape index (κ3) is 4.37. The first kappa shape index (κ1) is 23.0. The number of fused-ring (bicyclic) bond motifs is 1. The van der Waals surface area contributed by atoms with Crippen molar-refractivity contribution in [3.8, 4) is 0 Å². The van der Waals surface area contributed by atoms with Crippen LogP contribution in [-0.4, -0.2) is 28.2 Å². The van der Waals surface area contributed by atoms with Gasteiger partial charge in [-0.25, -0.2) is 14.6 Å². The predicted octanol–water partition coefficient (Wildman–Crippen LogP) is 3.23. The largest absolute Gasteiger partial charge is 0.478 e. The Balaban J connectivity index is 1.81. The molecule has 3 heterocycles. The van der Waals surface area contributed by atoms with Crippen LogP contribution in [0.4, 0.5) is 5.69 Å². The quantitative estimate of drug-likeness (QED) is 0.500. The molecule has 0 fully saturated rings. The van der Waals surface area contributed by atoms with Gasteiger partial charge in [-0.15, -0.1) is 11.3 Å². The summed E-state index contributed by atoms with van der Waals surface area (Å²) in [5.41, 5.74) is 0.905. The van der Waals surface area contributed by atoms with Crippen LogP contribution in [0, 0.1) is 0 Å². The molecule has 1 aliphatic rings. The van der Waals surface area contributed by atoms with Gasteiger partial charge in [-0.3, -0.25) is 9.36 Å². The number of anilines is 1. The average molecular weight is 504 g/mol. The molecule has 0 saturated heterocycles. The molecule has 0 aliphatic carbocycles. The fourth-order valence-electron chi connectivity index (χ4n) is 3.44. The van der Waals surface area contributed by atoms with E-state index in [0.717, 1.165) is 4.88 Å². The van der Waals surface area contributed by atoms with Crippen LogP contribution < -0.4 is 20.2 Å². The number of halogens is 1. The molecule has 1 aliphatic heterocycles. The zero-order valence-electron chi connectivity index (χ0n) is 17.5. The maximum Gasteiger partial charge on any atom is 0.338 e. The Morgan fingerprint density at radius 2 is 2.15 bits per heavy atom. The number of ether oxygens (including phenoxy) is 1. The van der Waals surface area contributed by atoms with Gasteiger partial charge >= 0.3 is 11.9 Å². The molecule has 170 valence electrons. The lowest BCUT2D eigenvalue weighted by atomic mass is 10.0. The van der Waals surface area contributed by atoms with E-state index in [2.05, 4.69) is 10.3 Å². The summed E-state index contributed by atoms with van der Waals surface area (Å²) in [5, 5.41) is 14.2. The highest BCUT2D eigenvalue weighted by atomic mass is 35.5. The number of hydrogen-bond acceptors (Lipinski definition) is 8. The Morgan fingerprint density at radius 3 is 2.82 bits per heavy atom. The number of rotatable bonds is 6. The van der Waals surface area contributed by atoms with Crippen molar-refractivity contribution in [1.82, 2.24) is 4.57 Å². The van der Waals surface area contributed by atoms with Crippen molar-refractivity contribution in [2.24, 2.45) is 4.99 Å². The van der Waals surface area contributed by atoms with Crippen molar-refractivity contribution in [3.63, 3.8) is 0 Å². The molecule has 0 saturated carbocycles. The van der Waals surface area contributed by atoms with Gasteiger partial charge in [-0.05, 0) is 43.5 Å². The number of carboxylic acids is 1. The lowest BCUT2D eigenvalue weighted by Crippen LogP contribution is -2.39. The highest BCUT2D eigenvalue weighted by Crippen LogP contribution is 2.33. The van der Waals surface area contributed by atoms with E-state index in [1.54, 1.807) is 19.9 Å². The van der Waals surface area contributed by atoms with Gasteiger partial charge in [-0.2, -0.15) is 0 Å². The van der Waals surface area contributed by atoms with Gasteiger partial charge in [0.1, 0.15) is 10.6 Å². The van der Waals surface area contributed by atoms with E-state index in [4.69, 9.17) is 16.3 Å². The van der Waals surface area contributed by atoms with Crippen LogP contribution in [0.3, 0.4) is 0 Å². The summed E-state index contributed by atoms with van der Waals surface area (Å²) in [6, 6.07) is 7.54. The van der Waals surface area contributed by atoms with Crippen molar-refractivity contribution in [3.05, 3.63) is 82.1 Å². The Hall–Kier alpha value is -3.21. The minimum atomic E-state index is -1.15. The molecular weight excluding hydrogens is 486 g/mol. The molecule has 2 N–H and O–H groups in total. The van der Waals surface area contributed by atoms with Gasteiger partial charge < -0.3 is 15.2 Å². The van der Waals surface area contributed by atoms with Gasteiger partial charge in [0.05, 0.1) is 28.5 Å². The molecule has 0 unspecified atom stereocenters. The number of nitrogens with zero attached hydrogens (tertiary/aromatic N) is 2.